The standard InChI is InChI=1S/C41H53F2N11O3/c1-27(55)51-14-10-36-34(24-51)41(52-11-4-6-28-19-32(30-21-45-47(2)22-30)33(40(42)43)20-37(28)52)46-54(36)31-8-12-50(13-9-31)38(56)25-49-17-15-48(16-18-49)23-29-5-3-7-35-39(29)53(57)26-44-35/h3,5,7,19-22,28,31,37,40,44,53H,4,6,8-18,23-26H2,1-2H3. The topological polar surface area (TPSA) is 126 Å². The second kappa shape index (κ2) is 15.6. The fourth-order valence-corrected chi connectivity index (χ4v) is 9.99. The van der Waals surface area contributed by atoms with Crippen LogP contribution >= 0.6 is 0 Å². The third-order valence-electron chi connectivity index (χ3n) is 13.1. The second-order valence-electron chi connectivity index (χ2n) is 16.6. The quantitative estimate of drug-likeness (QED) is 0.332. The Bertz CT molecular complexity index is 2060. The molecule has 3 saturated heterocycles. The van der Waals surface area contributed by atoms with Crippen molar-refractivity contribution in [2.45, 2.75) is 70.6 Å². The first-order valence-corrected chi connectivity index (χ1v) is 20.6. The van der Waals surface area contributed by atoms with Crippen LogP contribution < -0.4 is 15.3 Å². The molecular weight excluding hydrogens is 733 g/mol. The van der Waals surface area contributed by atoms with E-state index in [1.165, 1.54) is 0 Å². The summed E-state index contributed by atoms with van der Waals surface area (Å²) in [4.78, 5) is 36.9. The van der Waals surface area contributed by atoms with E-state index in [1.807, 2.05) is 34.1 Å². The Morgan fingerprint density at radius 2 is 1.79 bits per heavy atom. The molecule has 3 unspecified atom stereocenters. The van der Waals surface area contributed by atoms with Crippen molar-refractivity contribution < 1.29 is 23.4 Å². The molecule has 7 heterocycles. The van der Waals surface area contributed by atoms with Crippen LogP contribution in [0.5, 0.6) is 0 Å². The number of nitrogens with zero attached hydrogens (tertiary/aromatic N) is 9. The van der Waals surface area contributed by atoms with Crippen molar-refractivity contribution in [3.8, 4) is 0 Å². The molecule has 0 spiro atoms. The number of aromatic nitrogens is 4. The van der Waals surface area contributed by atoms with Crippen molar-refractivity contribution in [3.05, 3.63) is 75.9 Å². The Morgan fingerprint density at radius 1 is 1.00 bits per heavy atom. The molecule has 2 amide bonds. The highest BCUT2D eigenvalue weighted by molar-refractivity contribution is 5.81. The maximum Gasteiger partial charge on any atom is 0.264 e. The van der Waals surface area contributed by atoms with Gasteiger partial charge < -0.3 is 30.3 Å². The largest absolute Gasteiger partial charge is 0.627 e. The first kappa shape index (κ1) is 37.9. The van der Waals surface area contributed by atoms with Crippen LogP contribution in [0.4, 0.5) is 26.0 Å². The van der Waals surface area contributed by atoms with Gasteiger partial charge in [0.15, 0.2) is 18.2 Å². The highest BCUT2D eigenvalue weighted by atomic mass is 19.3. The van der Waals surface area contributed by atoms with Gasteiger partial charge in [0, 0.05) is 119 Å². The lowest BCUT2D eigenvalue weighted by Gasteiger charge is -2.42. The number of likely N-dealkylation sites (tertiary alicyclic amines) is 1. The van der Waals surface area contributed by atoms with Gasteiger partial charge in [0.05, 0.1) is 31.4 Å². The number of halogens is 2. The molecule has 0 bridgehead atoms. The number of hydrogen-bond donors (Lipinski definition) is 2. The van der Waals surface area contributed by atoms with Crippen LogP contribution in [-0.2, 0) is 36.1 Å². The molecule has 3 aromatic rings. The van der Waals surface area contributed by atoms with Crippen molar-refractivity contribution in [1.82, 2.24) is 39.2 Å². The number of piperidine rings is 2. The minimum Gasteiger partial charge on any atom is -0.627 e. The average molecular weight is 786 g/mol. The van der Waals surface area contributed by atoms with E-state index in [-0.39, 0.29) is 40.5 Å². The van der Waals surface area contributed by atoms with Crippen LogP contribution in [0.3, 0.4) is 0 Å². The van der Waals surface area contributed by atoms with Crippen LogP contribution in [0.1, 0.15) is 61.0 Å². The Labute approximate surface area is 331 Å². The van der Waals surface area contributed by atoms with Crippen LogP contribution in [0, 0.1) is 11.1 Å². The van der Waals surface area contributed by atoms with Gasteiger partial charge in [0.25, 0.3) is 6.43 Å². The molecule has 5 aliphatic heterocycles. The monoisotopic (exact) mass is 785 g/mol. The molecule has 2 N–H and O–H groups in total. The third kappa shape index (κ3) is 7.36. The van der Waals surface area contributed by atoms with Crippen molar-refractivity contribution >= 4 is 34.6 Å². The first-order valence-electron chi connectivity index (χ1n) is 20.6. The van der Waals surface area contributed by atoms with Crippen molar-refractivity contribution in [3.63, 3.8) is 0 Å². The number of para-hydroxylation sites is 1. The molecule has 57 heavy (non-hydrogen) atoms. The van der Waals surface area contributed by atoms with Crippen LogP contribution in [-0.4, -0.2) is 129 Å². The van der Waals surface area contributed by atoms with E-state index in [0.717, 1.165) is 92.4 Å². The lowest BCUT2D eigenvalue weighted by atomic mass is 9.79. The minimum atomic E-state index is -2.63. The number of piperazine rings is 1. The number of hydrogen-bond acceptors (Lipinski definition) is 9. The Kier molecular flexibility index (Phi) is 10.4. The number of aryl methyl sites for hydroxylation is 1. The van der Waals surface area contributed by atoms with Crippen molar-refractivity contribution in [1.29, 1.82) is 0 Å². The maximum atomic E-state index is 14.7. The minimum absolute atomic E-state index is 0.0131. The van der Waals surface area contributed by atoms with Crippen LogP contribution in [0.2, 0.25) is 0 Å². The molecule has 0 saturated carbocycles. The predicted octanol–water partition coefficient (Wildman–Crippen LogP) is 2.77. The normalized spacial score (nSPS) is 24.5. The second-order valence-corrected chi connectivity index (χ2v) is 16.6. The summed E-state index contributed by atoms with van der Waals surface area (Å²) in [6.07, 6.45) is 8.60. The zero-order valence-electron chi connectivity index (χ0n) is 32.9. The highest BCUT2D eigenvalue weighted by Crippen LogP contribution is 2.43. The number of amides is 2. The van der Waals surface area contributed by atoms with E-state index >= 15 is 0 Å². The van der Waals surface area contributed by atoms with Gasteiger partial charge in [-0.3, -0.25) is 28.8 Å². The SMILES string of the molecule is CC(=O)N1CCc2c(c(N3CCCC4C=C(c5cnn(C)c5)C(C(F)F)=CC43)nn2C2CCN(C(=O)CN3CCN(Cc4cccc5c4[NH+]([O-])CN5)CC3)CC2)C1. The smallest absolute Gasteiger partial charge is 0.264 e. The number of rotatable bonds is 8. The molecule has 3 fully saturated rings. The van der Waals surface area contributed by atoms with Gasteiger partial charge in [-0.05, 0) is 37.3 Å². The summed E-state index contributed by atoms with van der Waals surface area (Å²) in [5, 5.41) is 25.4. The molecule has 2 aromatic heterocycles. The summed E-state index contributed by atoms with van der Waals surface area (Å²) in [5.41, 5.74) is 6.23. The number of hydroxylamine groups is 1. The van der Waals surface area contributed by atoms with Gasteiger partial charge in [-0.25, -0.2) is 8.78 Å². The van der Waals surface area contributed by atoms with Gasteiger partial charge in [0.2, 0.25) is 11.8 Å². The average Bonchev–Trinajstić information content (AvgIpc) is 3.94. The van der Waals surface area contributed by atoms with Gasteiger partial charge in [0.1, 0.15) is 5.69 Å². The number of anilines is 2. The van der Waals surface area contributed by atoms with Gasteiger partial charge in [-0.2, -0.15) is 10.2 Å². The zero-order chi connectivity index (χ0) is 39.4. The summed E-state index contributed by atoms with van der Waals surface area (Å²) in [6, 6.07) is 5.84. The first-order chi connectivity index (χ1) is 27.6. The molecule has 1 aromatic carbocycles. The van der Waals surface area contributed by atoms with E-state index in [1.54, 1.807) is 37.1 Å². The Balaban J connectivity index is 0.867. The van der Waals surface area contributed by atoms with Gasteiger partial charge in [-0.15, -0.1) is 0 Å². The number of alkyl halides is 2. The van der Waals surface area contributed by atoms with Crippen LogP contribution in [0.25, 0.3) is 5.57 Å². The van der Waals surface area contributed by atoms with E-state index in [2.05, 4.69) is 29.8 Å². The lowest BCUT2D eigenvalue weighted by Crippen LogP contribution is -3.01. The lowest BCUT2D eigenvalue weighted by molar-refractivity contribution is -0.766. The summed E-state index contributed by atoms with van der Waals surface area (Å²) >= 11 is 0. The molecule has 14 nitrogen and oxygen atoms in total. The summed E-state index contributed by atoms with van der Waals surface area (Å²) in [7, 11) is 1.79. The van der Waals surface area contributed by atoms with Crippen molar-refractivity contribution in [2.75, 3.05) is 75.8 Å². The fourth-order valence-electron chi connectivity index (χ4n) is 9.99. The number of quaternary nitrogens is 1. The Hall–Kier alpha value is -4.64. The van der Waals surface area contributed by atoms with Gasteiger partial charge >= 0.3 is 0 Å². The number of allylic oxidation sites excluding steroid dienone is 2. The molecule has 1 aliphatic carbocycles. The molecule has 3 atom stereocenters. The molecule has 16 heteroatoms. The van der Waals surface area contributed by atoms with E-state index in [9.17, 15) is 23.6 Å². The fraction of sp³-hybridized carbons (Fsp3) is 0.561. The van der Waals surface area contributed by atoms with E-state index < -0.39 is 6.43 Å². The van der Waals surface area contributed by atoms with E-state index in [0.29, 0.717) is 63.5 Å². The number of benzene rings is 1. The zero-order valence-corrected chi connectivity index (χ0v) is 32.9. The van der Waals surface area contributed by atoms with Crippen molar-refractivity contribution in [2.24, 2.45) is 13.0 Å². The molecule has 304 valence electrons. The number of fused-ring (bicyclic) bond motifs is 3. The third-order valence-corrected chi connectivity index (χ3v) is 13.1. The van der Waals surface area contributed by atoms with Gasteiger partial charge in [-0.1, -0.05) is 24.3 Å². The summed E-state index contributed by atoms with van der Waals surface area (Å²) < 4.78 is 33.2. The predicted molar refractivity (Wildman–Crippen MR) is 212 cm³/mol. The molecule has 6 aliphatic rings. The maximum absolute atomic E-state index is 14.7. The number of carbonyl (C=O) groups is 2. The van der Waals surface area contributed by atoms with E-state index in [4.69, 9.17) is 5.10 Å². The summed E-state index contributed by atoms with van der Waals surface area (Å²) in [6.45, 7) is 9.41. The number of carbonyl (C=O) groups excluding carboxylic acids is 2. The highest BCUT2D eigenvalue weighted by Gasteiger charge is 2.40. The molecule has 9 rings (SSSR count). The molecule has 0 radical (unpaired) electrons. The number of nitrogens with one attached hydrogen (secondary N) is 2. The summed E-state index contributed by atoms with van der Waals surface area (Å²) in [5.74, 6) is 0.997. The molecular formula is C41H53F2N11O3. The Morgan fingerprint density at radius 3 is 2.53 bits per heavy atom. The van der Waals surface area contributed by atoms with Crippen LogP contribution in [0.15, 0.2) is 48.3 Å².